The van der Waals surface area contributed by atoms with Gasteiger partial charge in [0.2, 0.25) is 0 Å². The van der Waals surface area contributed by atoms with Crippen LogP contribution < -0.4 is 5.32 Å². The average Bonchev–Trinajstić information content (AvgIpc) is 3.25. The topological polar surface area (TPSA) is 32.3 Å². The van der Waals surface area contributed by atoms with Gasteiger partial charge in [0, 0.05) is 18.4 Å². The Bertz CT molecular complexity index is 951. The molecule has 31 heavy (non-hydrogen) atoms. The van der Waals surface area contributed by atoms with Crippen molar-refractivity contribution in [1.82, 2.24) is 10.2 Å². The van der Waals surface area contributed by atoms with Gasteiger partial charge < -0.3 is 0 Å². The molecule has 2 aromatic rings. The molecule has 1 saturated heterocycles. The van der Waals surface area contributed by atoms with Gasteiger partial charge in [-0.1, -0.05) is 74.5 Å². The molecule has 2 aliphatic carbocycles. The summed E-state index contributed by atoms with van der Waals surface area (Å²) in [7, 11) is 0. The van der Waals surface area contributed by atoms with Crippen LogP contribution in [0.25, 0.3) is 0 Å². The first kappa shape index (κ1) is 20.9. The van der Waals surface area contributed by atoms with E-state index in [0.717, 1.165) is 25.8 Å². The Labute approximate surface area is 187 Å². The van der Waals surface area contributed by atoms with Gasteiger partial charge in [-0.25, -0.2) is 0 Å². The molecule has 1 N–H and O–H groups in total. The standard InChI is InChI=1S/C28H36N2O/c1-26(2)22-15-16-28(26,23(31)19-22)17-18-30-25(21-13-9-6-10-14-21)24(29-27(30,3)4)20-11-7-5-8-12-20/h5-14,22,24-25,29H,15-19H2,1-4H3. The van der Waals surface area contributed by atoms with E-state index in [1.54, 1.807) is 0 Å². The smallest absolute Gasteiger partial charge is 0.139 e. The maximum absolute atomic E-state index is 13.1. The van der Waals surface area contributed by atoms with Crippen LogP contribution in [0.5, 0.6) is 0 Å². The molecule has 164 valence electrons. The fraction of sp³-hybridized carbons (Fsp3) is 0.536. The molecular weight excluding hydrogens is 380 g/mol. The number of carbonyl (C=O) groups is 1. The molecule has 2 saturated carbocycles. The predicted molar refractivity (Wildman–Crippen MR) is 125 cm³/mol. The first-order chi connectivity index (χ1) is 14.8. The molecule has 1 aliphatic heterocycles. The number of rotatable bonds is 5. The third-order valence-electron chi connectivity index (χ3n) is 9.10. The van der Waals surface area contributed by atoms with Crippen LogP contribution in [-0.2, 0) is 4.79 Å². The summed E-state index contributed by atoms with van der Waals surface area (Å²) in [6.07, 6.45) is 4.05. The van der Waals surface area contributed by atoms with Crippen LogP contribution in [-0.4, -0.2) is 22.9 Å². The minimum Gasteiger partial charge on any atom is -0.299 e. The van der Waals surface area contributed by atoms with Crippen LogP contribution in [0.15, 0.2) is 60.7 Å². The Morgan fingerprint density at radius 3 is 2.10 bits per heavy atom. The number of nitrogens with zero attached hydrogens (tertiary/aromatic N) is 1. The van der Waals surface area contributed by atoms with Crippen molar-refractivity contribution in [1.29, 1.82) is 0 Å². The van der Waals surface area contributed by atoms with Crippen molar-refractivity contribution in [3.8, 4) is 0 Å². The molecule has 0 spiro atoms. The van der Waals surface area contributed by atoms with E-state index in [0.29, 0.717) is 11.7 Å². The predicted octanol–water partition coefficient (Wildman–Crippen LogP) is 5.90. The molecule has 2 aromatic carbocycles. The Kier molecular flexibility index (Phi) is 4.91. The summed E-state index contributed by atoms with van der Waals surface area (Å²) in [6.45, 7) is 10.2. The highest BCUT2D eigenvalue weighted by atomic mass is 16.1. The van der Waals surface area contributed by atoms with E-state index in [9.17, 15) is 4.79 Å². The maximum atomic E-state index is 13.1. The molecule has 3 aliphatic rings. The second-order valence-corrected chi connectivity index (χ2v) is 11.1. The van der Waals surface area contributed by atoms with Crippen molar-refractivity contribution in [2.45, 2.75) is 71.1 Å². The zero-order valence-electron chi connectivity index (χ0n) is 19.4. The number of benzene rings is 2. The lowest BCUT2D eigenvalue weighted by Gasteiger charge is -2.41. The van der Waals surface area contributed by atoms with E-state index in [1.807, 2.05) is 0 Å². The summed E-state index contributed by atoms with van der Waals surface area (Å²) in [4.78, 5) is 15.8. The summed E-state index contributed by atoms with van der Waals surface area (Å²) in [5.41, 5.74) is 2.50. The van der Waals surface area contributed by atoms with Crippen LogP contribution >= 0.6 is 0 Å². The van der Waals surface area contributed by atoms with Gasteiger partial charge >= 0.3 is 0 Å². The third-order valence-corrected chi connectivity index (χ3v) is 9.10. The molecule has 3 nitrogen and oxygen atoms in total. The lowest BCUT2D eigenvalue weighted by Crippen LogP contribution is -2.49. The number of hydrogen-bond acceptors (Lipinski definition) is 3. The Hall–Kier alpha value is -1.97. The number of hydrogen-bond donors (Lipinski definition) is 1. The lowest BCUT2D eigenvalue weighted by atomic mass is 9.67. The molecule has 0 radical (unpaired) electrons. The quantitative estimate of drug-likeness (QED) is 0.659. The molecule has 1 heterocycles. The number of Topliss-reactive ketones (excluding diaryl/α,β-unsaturated/α-hetero) is 1. The maximum Gasteiger partial charge on any atom is 0.139 e. The van der Waals surface area contributed by atoms with E-state index in [2.05, 4.69) is 98.6 Å². The van der Waals surface area contributed by atoms with E-state index < -0.39 is 0 Å². The Morgan fingerprint density at radius 2 is 1.55 bits per heavy atom. The zero-order chi connectivity index (χ0) is 21.9. The Morgan fingerprint density at radius 1 is 0.935 bits per heavy atom. The van der Waals surface area contributed by atoms with Crippen LogP contribution in [0, 0.1) is 16.7 Å². The largest absolute Gasteiger partial charge is 0.299 e. The molecule has 4 unspecified atom stereocenters. The fourth-order valence-electron chi connectivity index (χ4n) is 7.10. The first-order valence-corrected chi connectivity index (χ1v) is 11.9. The number of carbonyl (C=O) groups excluding carboxylic acids is 1. The van der Waals surface area contributed by atoms with Crippen LogP contribution in [0.3, 0.4) is 0 Å². The lowest BCUT2D eigenvalue weighted by molar-refractivity contribution is -0.130. The van der Waals surface area contributed by atoms with Gasteiger partial charge in [0.05, 0.1) is 17.7 Å². The van der Waals surface area contributed by atoms with Crippen molar-refractivity contribution in [3.05, 3.63) is 71.8 Å². The minimum atomic E-state index is -0.151. The molecule has 2 bridgehead atoms. The highest BCUT2D eigenvalue weighted by Gasteiger charge is 2.64. The van der Waals surface area contributed by atoms with E-state index in [1.165, 1.54) is 17.5 Å². The number of ketones is 1. The van der Waals surface area contributed by atoms with Crippen LogP contribution in [0.2, 0.25) is 0 Å². The third kappa shape index (κ3) is 3.12. The SMILES string of the molecule is CC1(C)NC(c2ccccc2)C(c2ccccc2)N1CCC12CCC(CC1=O)C2(C)C. The number of fused-ring (bicyclic) bond motifs is 2. The van der Waals surface area contributed by atoms with Gasteiger partial charge in [0.25, 0.3) is 0 Å². The summed E-state index contributed by atoms with van der Waals surface area (Å²) < 4.78 is 0. The summed E-state index contributed by atoms with van der Waals surface area (Å²) in [5, 5.41) is 3.93. The molecule has 5 rings (SSSR count). The highest BCUT2D eigenvalue weighted by Crippen LogP contribution is 2.65. The molecule has 0 aromatic heterocycles. The summed E-state index contributed by atoms with van der Waals surface area (Å²) >= 11 is 0. The normalized spacial score (nSPS) is 33.8. The van der Waals surface area contributed by atoms with Gasteiger partial charge in [0.1, 0.15) is 5.78 Å². The van der Waals surface area contributed by atoms with Crippen LogP contribution in [0.1, 0.15) is 76.6 Å². The van der Waals surface area contributed by atoms with Gasteiger partial charge in [-0.2, -0.15) is 0 Å². The zero-order valence-corrected chi connectivity index (χ0v) is 19.4. The van der Waals surface area contributed by atoms with Gasteiger partial charge in [-0.3, -0.25) is 15.0 Å². The minimum absolute atomic E-state index is 0.127. The highest BCUT2D eigenvalue weighted by molar-refractivity contribution is 5.89. The molecule has 3 heteroatoms. The van der Waals surface area contributed by atoms with Gasteiger partial charge in [-0.15, -0.1) is 0 Å². The summed E-state index contributed by atoms with van der Waals surface area (Å²) in [6, 6.07) is 22.2. The van der Waals surface area contributed by atoms with Crippen molar-refractivity contribution in [2.24, 2.45) is 16.7 Å². The van der Waals surface area contributed by atoms with E-state index in [-0.39, 0.29) is 28.6 Å². The van der Waals surface area contributed by atoms with Gasteiger partial charge in [0.15, 0.2) is 0 Å². The van der Waals surface area contributed by atoms with Crippen molar-refractivity contribution >= 4 is 5.78 Å². The molecule has 4 atom stereocenters. The fourth-order valence-corrected chi connectivity index (χ4v) is 7.10. The van der Waals surface area contributed by atoms with E-state index in [4.69, 9.17) is 0 Å². The summed E-state index contributed by atoms with van der Waals surface area (Å²) in [5.74, 6) is 1.10. The monoisotopic (exact) mass is 416 g/mol. The average molecular weight is 417 g/mol. The van der Waals surface area contributed by atoms with Gasteiger partial charge in [-0.05, 0) is 55.6 Å². The second kappa shape index (κ2) is 7.28. The first-order valence-electron chi connectivity index (χ1n) is 11.9. The van der Waals surface area contributed by atoms with Crippen LogP contribution in [0.4, 0.5) is 0 Å². The Balaban J connectivity index is 1.49. The molecule has 0 amide bonds. The van der Waals surface area contributed by atoms with Crippen molar-refractivity contribution in [2.75, 3.05) is 6.54 Å². The van der Waals surface area contributed by atoms with Crippen molar-refractivity contribution in [3.63, 3.8) is 0 Å². The number of nitrogens with one attached hydrogen (secondary N) is 1. The molecular formula is C28H36N2O. The van der Waals surface area contributed by atoms with Crippen molar-refractivity contribution < 1.29 is 4.79 Å². The van der Waals surface area contributed by atoms with E-state index >= 15 is 0 Å². The second-order valence-electron chi connectivity index (χ2n) is 11.1. The molecule has 3 fully saturated rings.